The molecule has 4 N–H and O–H groups in total. The van der Waals surface area contributed by atoms with E-state index in [-0.39, 0.29) is 6.15 Å². The summed E-state index contributed by atoms with van der Waals surface area (Å²) in [6.45, 7) is 8.66. The number of hydrogen-bond donors (Lipinski definition) is 2. The van der Waals surface area contributed by atoms with Gasteiger partial charge in [-0.2, -0.15) is 0 Å². The maximum atomic E-state index is 3.44. The first kappa shape index (κ1) is 16.4. The molecule has 0 atom stereocenters. The molecule has 0 amide bonds. The monoisotopic (exact) mass is 301 g/mol. The molecule has 1 aromatic rings. The molecule has 1 aliphatic heterocycles. The summed E-state index contributed by atoms with van der Waals surface area (Å²) >= 11 is 3.44. The quantitative estimate of drug-likeness (QED) is 0.835. The van der Waals surface area contributed by atoms with E-state index in [1.165, 1.54) is 12.1 Å². The van der Waals surface area contributed by atoms with Gasteiger partial charge in [-0.05, 0) is 24.3 Å². The maximum absolute atomic E-state index is 3.44. The minimum absolute atomic E-state index is 0. The van der Waals surface area contributed by atoms with Crippen molar-refractivity contribution in [3.8, 4) is 0 Å². The second kappa shape index (κ2) is 9.45. The molecule has 4 heteroatoms. The Labute approximate surface area is 113 Å². The Balaban J connectivity index is 0.000000583. The first-order valence-corrected chi connectivity index (χ1v) is 6.78. The lowest BCUT2D eigenvalue weighted by Crippen LogP contribution is -2.43. The number of nitrogens with one attached hydrogen (secondary N) is 1. The smallest absolute Gasteiger partial charge is 0.0367 e. The van der Waals surface area contributed by atoms with Gasteiger partial charge in [-0.1, -0.05) is 36.2 Å². The van der Waals surface area contributed by atoms with E-state index in [1.807, 2.05) is 0 Å². The van der Waals surface area contributed by atoms with E-state index in [0.717, 1.165) is 30.7 Å². The molecule has 98 valence electrons. The molecular weight excluding hydrogens is 278 g/mol. The minimum Gasteiger partial charge on any atom is -0.369 e. The first-order valence-electron chi connectivity index (χ1n) is 5.99. The van der Waals surface area contributed by atoms with Crippen LogP contribution in [-0.2, 0) is 0 Å². The fraction of sp³-hybridized carbons (Fsp3) is 0.538. The summed E-state index contributed by atoms with van der Waals surface area (Å²) in [5, 5.41) is 3.34. The molecule has 3 nitrogen and oxygen atoms in total. The molecule has 0 unspecified atom stereocenters. The minimum atomic E-state index is 0. The predicted octanol–water partition coefficient (Wildman–Crippen LogP) is 3.44. The van der Waals surface area contributed by atoms with Crippen LogP contribution in [0.25, 0.3) is 0 Å². The van der Waals surface area contributed by atoms with Crippen molar-refractivity contribution in [2.24, 2.45) is 0 Å². The highest BCUT2D eigenvalue weighted by Gasteiger charge is 2.09. The van der Waals surface area contributed by atoms with Crippen LogP contribution in [0.1, 0.15) is 20.3 Å². The summed E-state index contributed by atoms with van der Waals surface area (Å²) in [6.07, 6.45) is 1.25. The van der Waals surface area contributed by atoms with Crippen molar-refractivity contribution in [2.75, 3.05) is 31.1 Å². The molecule has 1 aliphatic rings. The third-order valence-corrected chi connectivity index (χ3v) is 2.84. The van der Waals surface area contributed by atoms with E-state index in [4.69, 9.17) is 0 Å². The van der Waals surface area contributed by atoms with Gasteiger partial charge in [-0.15, -0.1) is 0 Å². The molecule has 1 fully saturated rings. The Hall–Kier alpha value is -0.580. The lowest BCUT2D eigenvalue weighted by molar-refractivity contribution is 0.589. The van der Waals surface area contributed by atoms with Crippen LogP contribution in [0.3, 0.4) is 0 Å². The highest BCUT2D eigenvalue weighted by atomic mass is 79.9. The van der Waals surface area contributed by atoms with Gasteiger partial charge in [-0.25, -0.2) is 0 Å². The Morgan fingerprint density at radius 2 is 1.59 bits per heavy atom. The van der Waals surface area contributed by atoms with Gasteiger partial charge in [0.2, 0.25) is 0 Å². The van der Waals surface area contributed by atoms with Gasteiger partial charge in [0.1, 0.15) is 0 Å². The van der Waals surface area contributed by atoms with Gasteiger partial charge in [0.25, 0.3) is 0 Å². The van der Waals surface area contributed by atoms with E-state index >= 15 is 0 Å². The van der Waals surface area contributed by atoms with E-state index in [0.29, 0.717) is 0 Å². The normalized spacial score (nSPS) is 14.4. The van der Waals surface area contributed by atoms with Gasteiger partial charge in [0.15, 0.2) is 0 Å². The first-order chi connectivity index (χ1) is 7.77. The number of nitrogens with zero attached hydrogens (tertiary/aromatic N) is 1. The predicted molar refractivity (Wildman–Crippen MR) is 80.2 cm³/mol. The van der Waals surface area contributed by atoms with Gasteiger partial charge in [0, 0.05) is 36.3 Å². The highest BCUT2D eigenvalue weighted by Crippen LogP contribution is 2.18. The van der Waals surface area contributed by atoms with Crippen LogP contribution in [0.2, 0.25) is 0 Å². The lowest BCUT2D eigenvalue weighted by atomic mass is 10.2. The molecule has 0 aromatic heterocycles. The van der Waals surface area contributed by atoms with E-state index < -0.39 is 0 Å². The largest absolute Gasteiger partial charge is 0.369 e. The number of hydrogen-bond acceptors (Lipinski definition) is 3. The Kier molecular flexibility index (Phi) is 9.13. The van der Waals surface area contributed by atoms with Crippen LogP contribution in [0.15, 0.2) is 28.7 Å². The second-order valence-corrected chi connectivity index (χ2v) is 4.84. The molecule has 0 aliphatic carbocycles. The number of halogens is 1. The summed E-state index contributed by atoms with van der Waals surface area (Å²) in [5.41, 5.74) is 1.32. The zero-order valence-corrected chi connectivity index (χ0v) is 12.5. The summed E-state index contributed by atoms with van der Waals surface area (Å²) in [4.78, 5) is 2.41. The highest BCUT2D eigenvalue weighted by molar-refractivity contribution is 9.10. The zero-order chi connectivity index (χ0) is 11.8. The zero-order valence-electron chi connectivity index (χ0n) is 10.9. The van der Waals surface area contributed by atoms with Crippen molar-refractivity contribution in [3.63, 3.8) is 0 Å². The van der Waals surface area contributed by atoms with Gasteiger partial charge in [-0.3, -0.25) is 0 Å². The third kappa shape index (κ3) is 6.05. The fourth-order valence-electron chi connectivity index (χ4n) is 1.57. The van der Waals surface area contributed by atoms with Crippen LogP contribution in [0, 0.1) is 0 Å². The summed E-state index contributed by atoms with van der Waals surface area (Å²) in [6, 6.07) is 8.51. The number of benzene rings is 1. The fourth-order valence-corrected chi connectivity index (χ4v) is 1.84. The Morgan fingerprint density at radius 3 is 2.06 bits per heavy atom. The molecule has 1 aromatic carbocycles. The topological polar surface area (TPSA) is 50.3 Å². The molecule has 17 heavy (non-hydrogen) atoms. The molecule has 0 spiro atoms. The standard InChI is InChI=1S/C10H13BrN2.C3H8.H3N/c11-9-1-3-10(4-2-9)13-7-5-12-6-8-13;1-3-2;/h1-4,12H,5-8H2;3H2,1-2H3;1H3. The van der Waals surface area contributed by atoms with Crippen molar-refractivity contribution in [1.82, 2.24) is 11.5 Å². The molecule has 2 rings (SSSR count). The van der Waals surface area contributed by atoms with Gasteiger partial charge >= 0.3 is 0 Å². The van der Waals surface area contributed by atoms with Crippen molar-refractivity contribution < 1.29 is 0 Å². The van der Waals surface area contributed by atoms with Crippen molar-refractivity contribution >= 4 is 21.6 Å². The third-order valence-electron chi connectivity index (χ3n) is 2.31. The van der Waals surface area contributed by atoms with E-state index in [9.17, 15) is 0 Å². The maximum Gasteiger partial charge on any atom is 0.0367 e. The van der Waals surface area contributed by atoms with Gasteiger partial charge < -0.3 is 16.4 Å². The van der Waals surface area contributed by atoms with Crippen molar-refractivity contribution in [3.05, 3.63) is 28.7 Å². The van der Waals surface area contributed by atoms with Crippen LogP contribution >= 0.6 is 15.9 Å². The molecule has 0 radical (unpaired) electrons. The average Bonchev–Trinajstić information content (AvgIpc) is 2.32. The average molecular weight is 302 g/mol. The molecule has 0 bridgehead atoms. The van der Waals surface area contributed by atoms with Crippen LogP contribution in [0.5, 0.6) is 0 Å². The lowest BCUT2D eigenvalue weighted by Gasteiger charge is -2.29. The molecule has 0 saturated carbocycles. The Bertz CT molecular complexity index is 281. The van der Waals surface area contributed by atoms with Crippen LogP contribution in [-0.4, -0.2) is 26.2 Å². The second-order valence-electron chi connectivity index (χ2n) is 3.92. The van der Waals surface area contributed by atoms with Crippen LogP contribution < -0.4 is 16.4 Å². The summed E-state index contributed by atoms with van der Waals surface area (Å²) in [5.74, 6) is 0. The number of anilines is 1. The number of piperazine rings is 1. The molecular formula is C13H24BrN3. The SMILES string of the molecule is Brc1ccc(N2CCNCC2)cc1.CCC.N. The number of rotatable bonds is 1. The van der Waals surface area contributed by atoms with Gasteiger partial charge in [0.05, 0.1) is 0 Å². The van der Waals surface area contributed by atoms with Crippen molar-refractivity contribution in [2.45, 2.75) is 20.3 Å². The van der Waals surface area contributed by atoms with Crippen molar-refractivity contribution in [1.29, 1.82) is 0 Å². The van der Waals surface area contributed by atoms with Crippen LogP contribution in [0.4, 0.5) is 5.69 Å². The summed E-state index contributed by atoms with van der Waals surface area (Å²) < 4.78 is 1.14. The Morgan fingerprint density at radius 1 is 1.12 bits per heavy atom. The van der Waals surface area contributed by atoms with E-state index in [1.54, 1.807) is 0 Å². The molecule has 1 saturated heterocycles. The van der Waals surface area contributed by atoms with E-state index in [2.05, 4.69) is 64.3 Å². The molecule has 1 heterocycles. The summed E-state index contributed by atoms with van der Waals surface area (Å²) in [7, 11) is 0.